The van der Waals surface area contributed by atoms with Crippen LogP contribution in [0.2, 0.25) is 0 Å². The van der Waals surface area contributed by atoms with Crippen molar-refractivity contribution in [3.8, 4) is 5.75 Å². The Kier molecular flexibility index (Phi) is 6.93. The summed E-state index contributed by atoms with van der Waals surface area (Å²) in [5.74, 6) is -0.0275. The molecule has 1 aliphatic carbocycles. The van der Waals surface area contributed by atoms with Gasteiger partial charge >= 0.3 is 6.36 Å². The maximum absolute atomic E-state index is 12.0. The second-order valence-electron chi connectivity index (χ2n) is 5.40. The Morgan fingerprint density at radius 2 is 1.91 bits per heavy atom. The van der Waals surface area contributed by atoms with E-state index in [2.05, 4.69) is 15.0 Å². The molecule has 0 bridgehead atoms. The van der Waals surface area contributed by atoms with Crippen molar-refractivity contribution in [1.29, 1.82) is 0 Å². The summed E-state index contributed by atoms with van der Waals surface area (Å²) in [5, 5.41) is 12.1. The standard InChI is InChI=1S/C14H18F3N3O2.HI/c15-14(16,17)22-11-3-1-10(2-4-11)7-19-12(18)20-8-13(9-21)5-6-13;/h1-4,21H,5-9H2,(H3,18,19,20);1H. The average Bonchev–Trinajstić information content (AvgIpc) is 3.23. The number of nitrogens with one attached hydrogen (secondary N) is 1. The molecule has 5 nitrogen and oxygen atoms in total. The number of aliphatic imine (C=N–C) groups is 1. The highest BCUT2D eigenvalue weighted by atomic mass is 127. The van der Waals surface area contributed by atoms with E-state index in [1.165, 1.54) is 24.3 Å². The zero-order chi connectivity index (χ0) is 16.2. The van der Waals surface area contributed by atoms with E-state index in [1.807, 2.05) is 0 Å². The van der Waals surface area contributed by atoms with Crippen LogP contribution in [-0.4, -0.2) is 30.6 Å². The molecule has 0 spiro atoms. The fourth-order valence-electron chi connectivity index (χ4n) is 1.87. The Hall–Kier alpha value is -1.23. The molecule has 1 aromatic carbocycles. The van der Waals surface area contributed by atoms with E-state index in [4.69, 9.17) is 5.73 Å². The number of guanidine groups is 1. The molecular weight excluding hydrogens is 426 g/mol. The van der Waals surface area contributed by atoms with Gasteiger partial charge < -0.3 is 20.9 Å². The normalized spacial score (nSPS) is 16.4. The predicted octanol–water partition coefficient (Wildman–Crippen LogP) is 2.38. The van der Waals surface area contributed by atoms with Gasteiger partial charge in [-0.15, -0.1) is 37.1 Å². The molecule has 0 amide bonds. The third-order valence-electron chi connectivity index (χ3n) is 3.53. The van der Waals surface area contributed by atoms with Crippen molar-refractivity contribution >= 4 is 29.9 Å². The Labute approximate surface area is 149 Å². The molecule has 0 aliphatic heterocycles. The molecule has 4 N–H and O–H groups in total. The number of nitrogens with two attached hydrogens (primary N) is 1. The monoisotopic (exact) mass is 445 g/mol. The number of aliphatic hydroxyl groups excluding tert-OH is 1. The highest BCUT2D eigenvalue weighted by Gasteiger charge is 2.41. The summed E-state index contributed by atoms with van der Waals surface area (Å²) in [6.45, 7) is 0.933. The van der Waals surface area contributed by atoms with Crippen LogP contribution in [0.15, 0.2) is 29.3 Å². The zero-order valence-corrected chi connectivity index (χ0v) is 14.6. The van der Waals surface area contributed by atoms with Gasteiger partial charge in [0.2, 0.25) is 0 Å². The van der Waals surface area contributed by atoms with E-state index in [0.29, 0.717) is 12.1 Å². The minimum atomic E-state index is -4.69. The maximum Gasteiger partial charge on any atom is 0.573 e. The summed E-state index contributed by atoms with van der Waals surface area (Å²) in [5.41, 5.74) is 6.35. The molecule has 1 fully saturated rings. The van der Waals surface area contributed by atoms with Crippen molar-refractivity contribution in [3.05, 3.63) is 29.8 Å². The van der Waals surface area contributed by atoms with Gasteiger partial charge in [0.25, 0.3) is 0 Å². The van der Waals surface area contributed by atoms with Gasteiger partial charge in [-0.1, -0.05) is 12.1 Å². The first-order valence-corrected chi connectivity index (χ1v) is 6.81. The molecule has 2 rings (SSSR count). The number of benzene rings is 1. The van der Waals surface area contributed by atoms with E-state index < -0.39 is 6.36 Å². The van der Waals surface area contributed by atoms with Crippen LogP contribution in [0.1, 0.15) is 18.4 Å². The molecule has 0 heterocycles. The largest absolute Gasteiger partial charge is 0.573 e. The van der Waals surface area contributed by atoms with E-state index in [-0.39, 0.29) is 54.3 Å². The first kappa shape index (κ1) is 19.8. The molecule has 0 radical (unpaired) electrons. The van der Waals surface area contributed by atoms with Gasteiger partial charge in [-0.2, -0.15) is 0 Å². The lowest BCUT2D eigenvalue weighted by Crippen LogP contribution is -2.37. The van der Waals surface area contributed by atoms with Crippen LogP contribution in [0.3, 0.4) is 0 Å². The third-order valence-corrected chi connectivity index (χ3v) is 3.53. The predicted molar refractivity (Wildman–Crippen MR) is 90.6 cm³/mol. The molecule has 9 heteroatoms. The molecule has 130 valence electrons. The van der Waals surface area contributed by atoms with Crippen molar-refractivity contribution in [1.82, 2.24) is 5.32 Å². The quantitative estimate of drug-likeness (QED) is 0.357. The van der Waals surface area contributed by atoms with E-state index >= 15 is 0 Å². The van der Waals surface area contributed by atoms with Crippen LogP contribution in [-0.2, 0) is 6.54 Å². The number of halogens is 4. The Morgan fingerprint density at radius 1 is 1.30 bits per heavy atom. The van der Waals surface area contributed by atoms with Gasteiger partial charge in [-0.05, 0) is 30.5 Å². The van der Waals surface area contributed by atoms with Gasteiger partial charge in [-0.3, -0.25) is 0 Å². The van der Waals surface area contributed by atoms with Crippen molar-refractivity contribution in [2.45, 2.75) is 25.7 Å². The number of alkyl halides is 3. The Bertz CT molecular complexity index is 531. The molecular formula is C14H19F3IN3O2. The lowest BCUT2D eigenvalue weighted by Gasteiger charge is -2.13. The molecule has 0 aromatic heterocycles. The molecule has 0 saturated heterocycles. The number of hydrogen-bond acceptors (Lipinski definition) is 3. The van der Waals surface area contributed by atoms with Gasteiger partial charge in [0.1, 0.15) is 5.75 Å². The second kappa shape index (κ2) is 8.04. The van der Waals surface area contributed by atoms with Crippen molar-refractivity contribution in [2.24, 2.45) is 16.1 Å². The first-order valence-electron chi connectivity index (χ1n) is 6.81. The van der Waals surface area contributed by atoms with E-state index in [0.717, 1.165) is 12.8 Å². The van der Waals surface area contributed by atoms with E-state index in [1.54, 1.807) is 0 Å². The van der Waals surface area contributed by atoms with Crippen LogP contribution in [0.25, 0.3) is 0 Å². The van der Waals surface area contributed by atoms with Crippen LogP contribution in [0, 0.1) is 5.41 Å². The molecule has 23 heavy (non-hydrogen) atoms. The summed E-state index contributed by atoms with van der Waals surface area (Å²) in [4.78, 5) is 4.10. The van der Waals surface area contributed by atoms with Crippen LogP contribution in [0.4, 0.5) is 13.2 Å². The van der Waals surface area contributed by atoms with Crippen LogP contribution in [0.5, 0.6) is 5.75 Å². The topological polar surface area (TPSA) is 79.9 Å². The van der Waals surface area contributed by atoms with Crippen LogP contribution >= 0.6 is 24.0 Å². The van der Waals surface area contributed by atoms with Gasteiger partial charge in [0.05, 0.1) is 13.2 Å². The Balaban J connectivity index is 0.00000264. The zero-order valence-electron chi connectivity index (χ0n) is 12.3. The van der Waals surface area contributed by atoms with Gasteiger partial charge in [0.15, 0.2) is 5.96 Å². The lowest BCUT2D eigenvalue weighted by molar-refractivity contribution is -0.274. The van der Waals surface area contributed by atoms with Crippen molar-refractivity contribution in [3.63, 3.8) is 0 Å². The average molecular weight is 445 g/mol. The molecule has 0 unspecified atom stereocenters. The molecule has 1 saturated carbocycles. The number of rotatable bonds is 6. The minimum absolute atomic E-state index is 0. The first-order chi connectivity index (χ1) is 10.3. The molecule has 1 aliphatic rings. The second-order valence-corrected chi connectivity index (χ2v) is 5.40. The Morgan fingerprint density at radius 3 is 2.39 bits per heavy atom. The number of hydrogen-bond donors (Lipinski definition) is 3. The fraction of sp³-hybridized carbons (Fsp3) is 0.500. The van der Waals surface area contributed by atoms with Gasteiger partial charge in [0, 0.05) is 12.0 Å². The van der Waals surface area contributed by atoms with Gasteiger partial charge in [-0.25, -0.2) is 4.99 Å². The highest BCUT2D eigenvalue weighted by Crippen LogP contribution is 2.44. The summed E-state index contributed by atoms with van der Waals surface area (Å²) in [6.07, 6.45) is -2.77. The summed E-state index contributed by atoms with van der Waals surface area (Å²) >= 11 is 0. The van der Waals surface area contributed by atoms with Crippen molar-refractivity contribution in [2.75, 3.05) is 13.2 Å². The van der Waals surface area contributed by atoms with Crippen molar-refractivity contribution < 1.29 is 23.0 Å². The summed E-state index contributed by atoms with van der Waals surface area (Å²) in [6, 6.07) is 5.45. The molecule has 1 aromatic rings. The highest BCUT2D eigenvalue weighted by molar-refractivity contribution is 14.0. The number of aliphatic hydroxyl groups is 1. The fourth-order valence-corrected chi connectivity index (χ4v) is 1.87. The lowest BCUT2D eigenvalue weighted by atomic mass is 10.1. The minimum Gasteiger partial charge on any atom is -0.406 e. The maximum atomic E-state index is 12.0. The smallest absolute Gasteiger partial charge is 0.406 e. The van der Waals surface area contributed by atoms with Crippen LogP contribution < -0.4 is 15.8 Å². The number of ether oxygens (including phenoxy) is 1. The summed E-state index contributed by atoms with van der Waals surface area (Å²) in [7, 11) is 0. The SMILES string of the molecule is I.NC(=NCc1ccc(OC(F)(F)F)cc1)NCC1(CO)CC1. The number of nitrogens with zero attached hydrogens (tertiary/aromatic N) is 1. The third kappa shape index (κ3) is 6.81. The summed E-state index contributed by atoms with van der Waals surface area (Å²) < 4.78 is 39.9. The molecule has 0 atom stereocenters. The van der Waals surface area contributed by atoms with E-state index in [9.17, 15) is 18.3 Å².